The van der Waals surface area contributed by atoms with Crippen LogP contribution in [0.15, 0.2) is 46.9 Å². The van der Waals surface area contributed by atoms with Gasteiger partial charge >= 0.3 is 0 Å². The summed E-state index contributed by atoms with van der Waals surface area (Å²) < 4.78 is 28.4. The molecule has 1 atom stereocenters. The molecule has 1 saturated carbocycles. The predicted molar refractivity (Wildman–Crippen MR) is 97.3 cm³/mol. The zero-order valence-corrected chi connectivity index (χ0v) is 15.8. The lowest BCUT2D eigenvalue weighted by molar-refractivity contribution is -0.120. The van der Waals surface area contributed by atoms with E-state index in [4.69, 9.17) is 0 Å². The van der Waals surface area contributed by atoms with Gasteiger partial charge in [-0.3, -0.25) is 4.79 Å². The third-order valence-corrected chi connectivity index (χ3v) is 6.03. The molecule has 0 heterocycles. The Kier molecular flexibility index (Phi) is 4.71. The summed E-state index contributed by atoms with van der Waals surface area (Å²) in [6.07, 6.45) is 1.00. The lowest BCUT2D eigenvalue weighted by Crippen LogP contribution is -2.36. The summed E-state index contributed by atoms with van der Waals surface area (Å²) in [4.78, 5) is 12.3. The van der Waals surface area contributed by atoms with Crippen molar-refractivity contribution in [3.8, 4) is 0 Å². The number of rotatable bonds is 5. The quantitative estimate of drug-likeness (QED) is 0.760. The fraction of sp³-hybridized carbons (Fsp3) is 0.350. The van der Waals surface area contributed by atoms with Gasteiger partial charge in [0, 0.05) is 22.5 Å². The highest BCUT2D eigenvalue weighted by Gasteiger charge is 2.62. The van der Waals surface area contributed by atoms with Crippen LogP contribution >= 0.6 is 15.9 Å². The lowest BCUT2D eigenvalue weighted by Gasteiger charge is -2.22. The van der Waals surface area contributed by atoms with Gasteiger partial charge in [0.05, 0.1) is 6.42 Å². The fourth-order valence-corrected chi connectivity index (χ4v) is 4.00. The van der Waals surface area contributed by atoms with Gasteiger partial charge in [-0.05, 0) is 35.1 Å². The topological polar surface area (TPSA) is 29.1 Å². The van der Waals surface area contributed by atoms with E-state index in [1.165, 1.54) is 12.1 Å². The van der Waals surface area contributed by atoms with Crippen LogP contribution in [0.3, 0.4) is 0 Å². The summed E-state index contributed by atoms with van der Waals surface area (Å²) >= 11 is 3.43. The van der Waals surface area contributed by atoms with E-state index in [2.05, 4.69) is 21.2 Å². The molecule has 0 saturated heterocycles. The summed E-state index contributed by atoms with van der Waals surface area (Å²) in [6.45, 7) is 4.41. The fourth-order valence-electron chi connectivity index (χ4n) is 3.57. The highest BCUT2D eigenvalue weighted by molar-refractivity contribution is 9.10. The maximum Gasteiger partial charge on any atom is 0.224 e. The van der Waals surface area contributed by atoms with Crippen LogP contribution in [0.2, 0.25) is 0 Å². The van der Waals surface area contributed by atoms with Crippen LogP contribution in [0.25, 0.3) is 0 Å². The minimum atomic E-state index is -0.590. The van der Waals surface area contributed by atoms with Crippen LogP contribution in [0, 0.1) is 17.0 Å². The Bertz CT molecular complexity index is 821. The Balaban J connectivity index is 1.73. The molecule has 2 aromatic carbocycles. The largest absolute Gasteiger partial charge is 0.355 e. The summed E-state index contributed by atoms with van der Waals surface area (Å²) in [5.74, 6) is -1.25. The van der Waals surface area contributed by atoms with E-state index in [9.17, 15) is 13.6 Å². The first-order valence-corrected chi connectivity index (χ1v) is 9.00. The molecule has 0 radical (unpaired) electrons. The molecular formula is C20H20BrF2NO. The molecule has 0 aromatic heterocycles. The second-order valence-electron chi connectivity index (χ2n) is 7.31. The predicted octanol–water partition coefficient (Wildman–Crippen LogP) is 4.75. The highest BCUT2D eigenvalue weighted by atomic mass is 79.9. The van der Waals surface area contributed by atoms with E-state index in [0.29, 0.717) is 12.1 Å². The third kappa shape index (κ3) is 3.47. The summed E-state index contributed by atoms with van der Waals surface area (Å²) in [7, 11) is 0. The monoisotopic (exact) mass is 407 g/mol. The van der Waals surface area contributed by atoms with Crippen molar-refractivity contribution in [3.63, 3.8) is 0 Å². The molecule has 132 valence electrons. The van der Waals surface area contributed by atoms with Crippen molar-refractivity contribution in [2.45, 2.75) is 32.1 Å². The average Bonchev–Trinajstić information content (AvgIpc) is 3.10. The van der Waals surface area contributed by atoms with Crippen LogP contribution in [-0.2, 0) is 16.6 Å². The first-order chi connectivity index (χ1) is 11.7. The van der Waals surface area contributed by atoms with Gasteiger partial charge in [-0.2, -0.15) is 0 Å². The van der Waals surface area contributed by atoms with Crippen molar-refractivity contribution in [1.82, 2.24) is 5.32 Å². The van der Waals surface area contributed by atoms with Crippen LogP contribution in [0.1, 0.15) is 31.4 Å². The van der Waals surface area contributed by atoms with E-state index in [1.54, 1.807) is 0 Å². The molecule has 1 fully saturated rings. The van der Waals surface area contributed by atoms with Gasteiger partial charge in [0.2, 0.25) is 5.91 Å². The molecule has 1 aliphatic carbocycles. The SMILES string of the molecule is CC1(C)CC1(CNC(=O)Cc1ccccc1Br)c1ccc(F)cc1F. The molecular weight excluding hydrogens is 388 g/mol. The van der Waals surface area contributed by atoms with Gasteiger partial charge in [0.15, 0.2) is 0 Å². The van der Waals surface area contributed by atoms with Crippen molar-refractivity contribution < 1.29 is 13.6 Å². The summed E-state index contributed by atoms with van der Waals surface area (Å²) in [6, 6.07) is 11.2. The Morgan fingerprint density at radius 3 is 2.48 bits per heavy atom. The van der Waals surface area contributed by atoms with Crippen molar-refractivity contribution in [2.75, 3.05) is 6.54 Å². The van der Waals surface area contributed by atoms with Crippen molar-refractivity contribution in [2.24, 2.45) is 5.41 Å². The molecule has 0 bridgehead atoms. The Hall–Kier alpha value is -1.75. The Labute approximate surface area is 154 Å². The molecule has 1 amide bonds. The molecule has 1 aliphatic rings. The lowest BCUT2D eigenvalue weighted by atomic mass is 9.87. The number of benzene rings is 2. The number of hydrogen-bond donors (Lipinski definition) is 1. The standard InChI is InChI=1S/C20H20BrF2NO/c1-19(2)11-20(19,15-8-7-14(22)10-17(15)23)12-24-18(25)9-13-5-3-4-6-16(13)21/h3-8,10H,9,11-12H2,1-2H3,(H,24,25). The van der Waals surface area contributed by atoms with Gasteiger partial charge in [-0.1, -0.05) is 54.0 Å². The zero-order chi connectivity index (χ0) is 18.2. The maximum absolute atomic E-state index is 14.3. The molecule has 5 heteroatoms. The van der Waals surface area contributed by atoms with Crippen LogP contribution in [0.5, 0.6) is 0 Å². The molecule has 1 unspecified atom stereocenters. The number of amides is 1. The van der Waals surface area contributed by atoms with Gasteiger partial charge in [0.25, 0.3) is 0 Å². The van der Waals surface area contributed by atoms with Crippen LogP contribution in [0.4, 0.5) is 8.78 Å². The maximum atomic E-state index is 14.3. The number of carbonyl (C=O) groups excluding carboxylic acids is 1. The second-order valence-corrected chi connectivity index (χ2v) is 8.17. The molecule has 1 N–H and O–H groups in total. The number of halogens is 3. The first kappa shape index (κ1) is 18.1. The number of carbonyl (C=O) groups is 1. The van der Waals surface area contributed by atoms with Crippen LogP contribution in [-0.4, -0.2) is 12.5 Å². The van der Waals surface area contributed by atoms with E-state index in [-0.39, 0.29) is 17.7 Å². The van der Waals surface area contributed by atoms with E-state index >= 15 is 0 Å². The van der Waals surface area contributed by atoms with Crippen LogP contribution < -0.4 is 5.32 Å². The van der Waals surface area contributed by atoms with Crippen molar-refractivity contribution >= 4 is 21.8 Å². The van der Waals surface area contributed by atoms with E-state index < -0.39 is 17.0 Å². The van der Waals surface area contributed by atoms with E-state index in [0.717, 1.165) is 22.5 Å². The summed E-state index contributed by atoms with van der Waals surface area (Å²) in [5.41, 5.74) is 0.734. The van der Waals surface area contributed by atoms with Crippen molar-refractivity contribution in [3.05, 3.63) is 69.7 Å². The minimum absolute atomic E-state index is 0.114. The molecule has 25 heavy (non-hydrogen) atoms. The Morgan fingerprint density at radius 1 is 1.20 bits per heavy atom. The molecule has 3 rings (SSSR count). The molecule has 2 aromatic rings. The van der Waals surface area contributed by atoms with Crippen molar-refractivity contribution in [1.29, 1.82) is 0 Å². The second kappa shape index (κ2) is 6.52. The molecule has 2 nitrogen and oxygen atoms in total. The third-order valence-electron chi connectivity index (χ3n) is 5.26. The van der Waals surface area contributed by atoms with Gasteiger partial charge in [-0.25, -0.2) is 8.78 Å². The smallest absolute Gasteiger partial charge is 0.224 e. The normalized spacial score (nSPS) is 21.0. The molecule has 0 aliphatic heterocycles. The molecule has 0 spiro atoms. The Morgan fingerprint density at radius 2 is 1.88 bits per heavy atom. The van der Waals surface area contributed by atoms with E-state index in [1.807, 2.05) is 38.1 Å². The highest BCUT2D eigenvalue weighted by Crippen LogP contribution is 2.64. The number of nitrogens with one attached hydrogen (secondary N) is 1. The average molecular weight is 408 g/mol. The van der Waals surface area contributed by atoms with Gasteiger partial charge in [-0.15, -0.1) is 0 Å². The van der Waals surface area contributed by atoms with Gasteiger partial charge in [0.1, 0.15) is 11.6 Å². The summed E-state index contributed by atoms with van der Waals surface area (Å²) in [5, 5.41) is 2.94. The first-order valence-electron chi connectivity index (χ1n) is 8.21. The van der Waals surface area contributed by atoms with Gasteiger partial charge < -0.3 is 5.32 Å². The minimum Gasteiger partial charge on any atom is -0.355 e. The number of hydrogen-bond acceptors (Lipinski definition) is 1. The zero-order valence-electron chi connectivity index (χ0n) is 14.2.